The molecule has 0 unspecified atom stereocenters. The van der Waals surface area contributed by atoms with Gasteiger partial charge < -0.3 is 19.9 Å². The van der Waals surface area contributed by atoms with Crippen molar-refractivity contribution in [1.29, 1.82) is 5.26 Å². The SMILES string of the molecule is [2H]c1nc2c(C#N)ccc(N3C[C@H](CN4CCN(c5cc6c(cn5)[C@H](C)NCC6)CC4)O[C@H](C)C3)c2nc1[2H]. The summed E-state index contributed by atoms with van der Waals surface area (Å²) < 4.78 is 22.3. The minimum Gasteiger partial charge on any atom is -0.370 e. The standard InChI is InChI=1S/C28H34N8O/c1-19-16-36(25-4-3-22(14-29)27-28(25)32-8-7-31-27)18-23(37-19)17-34-9-11-35(12-10-34)26-13-21-5-6-30-20(2)24(21)15-33-26/h3-4,7-8,13,15,19-20,23,30H,5-6,9-12,16-18H2,1-2H3/t19-,20+,23+/m1/s1/i7D,8D. The zero-order valence-electron chi connectivity index (χ0n) is 23.4. The van der Waals surface area contributed by atoms with Gasteiger partial charge in [0.2, 0.25) is 0 Å². The molecule has 1 N–H and O–H groups in total. The molecule has 6 rings (SSSR count). The van der Waals surface area contributed by atoms with Gasteiger partial charge in [-0.2, -0.15) is 5.26 Å². The third-order valence-electron chi connectivity index (χ3n) is 7.78. The Labute approximate surface area is 220 Å². The van der Waals surface area contributed by atoms with Crippen LogP contribution in [-0.2, 0) is 11.2 Å². The first-order valence-electron chi connectivity index (χ1n) is 14.2. The Hall–Kier alpha value is -3.32. The molecule has 192 valence electrons. The minimum absolute atomic E-state index is 0.0146. The van der Waals surface area contributed by atoms with Crippen LogP contribution in [0.4, 0.5) is 11.5 Å². The molecule has 0 radical (unpaired) electrons. The summed E-state index contributed by atoms with van der Waals surface area (Å²) in [5.74, 6) is 1.08. The van der Waals surface area contributed by atoms with E-state index >= 15 is 0 Å². The Morgan fingerprint density at radius 2 is 1.89 bits per heavy atom. The molecule has 37 heavy (non-hydrogen) atoms. The van der Waals surface area contributed by atoms with Gasteiger partial charge in [-0.15, -0.1) is 0 Å². The molecule has 3 aliphatic heterocycles. The maximum atomic E-state index is 9.54. The molecule has 2 aromatic heterocycles. The number of rotatable bonds is 4. The molecule has 0 bridgehead atoms. The highest BCUT2D eigenvalue weighted by molar-refractivity contribution is 5.92. The van der Waals surface area contributed by atoms with E-state index in [1.54, 1.807) is 6.07 Å². The molecule has 2 fully saturated rings. The van der Waals surface area contributed by atoms with Crippen molar-refractivity contribution in [1.82, 2.24) is 25.2 Å². The molecule has 3 aromatic rings. The lowest BCUT2D eigenvalue weighted by atomic mass is 9.97. The van der Waals surface area contributed by atoms with Gasteiger partial charge in [-0.05, 0) is 56.1 Å². The summed E-state index contributed by atoms with van der Waals surface area (Å²) in [6.07, 6.45) is 2.73. The van der Waals surface area contributed by atoms with Gasteiger partial charge in [0, 0.05) is 70.4 Å². The number of nitrogens with zero attached hydrogens (tertiary/aromatic N) is 7. The van der Waals surface area contributed by atoms with E-state index in [0.29, 0.717) is 35.7 Å². The number of pyridine rings is 1. The summed E-state index contributed by atoms with van der Waals surface area (Å²) in [5.41, 5.74) is 4.80. The lowest BCUT2D eigenvalue weighted by molar-refractivity contribution is -0.0327. The first-order valence-corrected chi connectivity index (χ1v) is 13.2. The monoisotopic (exact) mass is 500 g/mol. The van der Waals surface area contributed by atoms with Gasteiger partial charge in [0.25, 0.3) is 0 Å². The number of anilines is 2. The van der Waals surface area contributed by atoms with E-state index in [-0.39, 0.29) is 24.6 Å². The van der Waals surface area contributed by atoms with E-state index in [1.807, 2.05) is 12.3 Å². The van der Waals surface area contributed by atoms with Crippen LogP contribution in [0.5, 0.6) is 0 Å². The van der Waals surface area contributed by atoms with Crippen molar-refractivity contribution < 1.29 is 7.48 Å². The largest absolute Gasteiger partial charge is 0.370 e. The number of hydrogen-bond acceptors (Lipinski definition) is 9. The molecule has 3 atom stereocenters. The second-order valence-electron chi connectivity index (χ2n) is 10.3. The van der Waals surface area contributed by atoms with Crippen LogP contribution >= 0.6 is 0 Å². The van der Waals surface area contributed by atoms with Crippen LogP contribution in [-0.4, -0.2) is 84.4 Å². The van der Waals surface area contributed by atoms with Crippen molar-refractivity contribution in [2.24, 2.45) is 0 Å². The van der Waals surface area contributed by atoms with E-state index in [4.69, 9.17) is 12.5 Å². The fourth-order valence-corrected chi connectivity index (χ4v) is 5.90. The van der Waals surface area contributed by atoms with Crippen LogP contribution in [0.15, 0.2) is 36.7 Å². The molecule has 9 heteroatoms. The van der Waals surface area contributed by atoms with Crippen molar-refractivity contribution in [2.45, 2.75) is 38.5 Å². The zero-order valence-corrected chi connectivity index (χ0v) is 21.4. The van der Waals surface area contributed by atoms with Crippen molar-refractivity contribution in [3.63, 3.8) is 0 Å². The van der Waals surface area contributed by atoms with Crippen molar-refractivity contribution >= 4 is 22.5 Å². The molecule has 0 amide bonds. The first kappa shape index (κ1) is 21.7. The summed E-state index contributed by atoms with van der Waals surface area (Å²) in [4.78, 5) is 20.4. The van der Waals surface area contributed by atoms with Gasteiger partial charge in [0.1, 0.15) is 22.9 Å². The lowest BCUT2D eigenvalue weighted by Gasteiger charge is -2.42. The van der Waals surface area contributed by atoms with Crippen LogP contribution in [0.3, 0.4) is 0 Å². The van der Waals surface area contributed by atoms with E-state index < -0.39 is 0 Å². The van der Waals surface area contributed by atoms with Crippen molar-refractivity contribution in [2.75, 3.05) is 62.2 Å². The van der Waals surface area contributed by atoms with Crippen molar-refractivity contribution in [3.8, 4) is 6.07 Å². The highest BCUT2D eigenvalue weighted by Gasteiger charge is 2.30. The number of hydrogen-bond donors (Lipinski definition) is 1. The molecule has 0 spiro atoms. The Kier molecular flexibility index (Phi) is 6.00. The second kappa shape index (κ2) is 10.2. The van der Waals surface area contributed by atoms with Gasteiger partial charge >= 0.3 is 0 Å². The number of nitrogens with one attached hydrogen (secondary N) is 1. The molecule has 0 aliphatic carbocycles. The average molecular weight is 501 g/mol. The number of morpholine rings is 1. The molecule has 9 nitrogen and oxygen atoms in total. The smallest absolute Gasteiger partial charge is 0.128 e. The Bertz CT molecular complexity index is 1420. The first-order chi connectivity index (χ1) is 18.9. The summed E-state index contributed by atoms with van der Waals surface area (Å²) in [7, 11) is 0. The third-order valence-corrected chi connectivity index (χ3v) is 7.78. The summed E-state index contributed by atoms with van der Waals surface area (Å²) in [6.45, 7) is 11.2. The normalized spacial score (nSPS) is 25.4. The number of benzene rings is 1. The molecule has 0 saturated carbocycles. The van der Waals surface area contributed by atoms with Crippen molar-refractivity contribution in [3.05, 3.63) is 53.4 Å². The van der Waals surface area contributed by atoms with Gasteiger partial charge in [-0.3, -0.25) is 14.9 Å². The third kappa shape index (κ3) is 4.85. The topological polar surface area (TPSA) is 93.4 Å². The van der Waals surface area contributed by atoms with E-state index in [1.165, 1.54) is 11.1 Å². The number of nitriles is 1. The maximum absolute atomic E-state index is 9.54. The predicted molar refractivity (Wildman–Crippen MR) is 144 cm³/mol. The van der Waals surface area contributed by atoms with Gasteiger partial charge in [0.05, 0.1) is 26.2 Å². The van der Waals surface area contributed by atoms with E-state index in [0.717, 1.165) is 57.2 Å². The molecule has 2 saturated heterocycles. The summed E-state index contributed by atoms with van der Waals surface area (Å²) >= 11 is 0. The molecule has 3 aliphatic rings. The second-order valence-corrected chi connectivity index (χ2v) is 10.3. The fourth-order valence-electron chi connectivity index (χ4n) is 5.90. The molecular formula is C28H34N8O. The van der Waals surface area contributed by atoms with Gasteiger partial charge in [0.15, 0.2) is 0 Å². The molecule has 1 aromatic carbocycles. The maximum Gasteiger partial charge on any atom is 0.128 e. The van der Waals surface area contributed by atoms with Crippen LogP contribution in [0.25, 0.3) is 11.0 Å². The number of ether oxygens (including phenoxy) is 1. The Morgan fingerprint density at radius 1 is 1.08 bits per heavy atom. The molecular weight excluding hydrogens is 464 g/mol. The summed E-state index contributed by atoms with van der Waals surface area (Å²) in [5, 5.41) is 13.0. The van der Waals surface area contributed by atoms with Crippen LogP contribution in [0.2, 0.25) is 0 Å². The highest BCUT2D eigenvalue weighted by atomic mass is 16.5. The Balaban J connectivity index is 1.13. The Morgan fingerprint density at radius 3 is 2.70 bits per heavy atom. The van der Waals surface area contributed by atoms with E-state index in [9.17, 15) is 5.26 Å². The van der Waals surface area contributed by atoms with Gasteiger partial charge in [-0.1, -0.05) is 0 Å². The summed E-state index contributed by atoms with van der Waals surface area (Å²) in [6, 6.07) is 8.40. The zero-order chi connectivity index (χ0) is 27.1. The number of aromatic nitrogens is 3. The molecule has 5 heterocycles. The lowest BCUT2D eigenvalue weighted by Crippen LogP contribution is -2.54. The van der Waals surface area contributed by atoms with Crippen LogP contribution in [0, 0.1) is 11.3 Å². The minimum atomic E-state index is -0.222. The highest BCUT2D eigenvalue weighted by Crippen LogP contribution is 2.29. The van der Waals surface area contributed by atoms with Gasteiger partial charge in [-0.25, -0.2) is 4.98 Å². The van der Waals surface area contributed by atoms with E-state index in [2.05, 4.69) is 56.0 Å². The number of fused-ring (bicyclic) bond motifs is 2. The predicted octanol–water partition coefficient (Wildman–Crippen LogP) is 2.52. The average Bonchev–Trinajstić information content (AvgIpc) is 2.93. The fraction of sp³-hybridized carbons (Fsp3) is 0.500. The number of piperazine rings is 1. The van der Waals surface area contributed by atoms with Crippen LogP contribution < -0.4 is 15.1 Å². The van der Waals surface area contributed by atoms with Crippen LogP contribution in [0.1, 0.15) is 39.3 Å². The quantitative estimate of drug-likeness (QED) is 0.580.